The van der Waals surface area contributed by atoms with Gasteiger partial charge in [0.15, 0.2) is 0 Å². The minimum Gasteiger partial charge on any atom is -0.478 e. The lowest BCUT2D eigenvalue weighted by molar-refractivity contribution is -0.130. The number of amides is 1. The van der Waals surface area contributed by atoms with E-state index in [-0.39, 0.29) is 11.5 Å². The molecule has 1 aliphatic rings. The van der Waals surface area contributed by atoms with Crippen LogP contribution in [0.1, 0.15) is 35.0 Å². The van der Waals surface area contributed by atoms with E-state index in [1.807, 2.05) is 6.92 Å². The first-order chi connectivity index (χ1) is 8.52. The lowest BCUT2D eigenvalue weighted by Gasteiger charge is -2.24. The standard InChI is InChI=1S/C13H16N2O3/c1-3-13(12(18)14-2)5-8-4-9(11(16)17)7-15-10(8)6-13/h4,7H,3,5-6H2,1-2H3,(H,14,18)(H,16,17). The molecule has 1 aromatic rings. The molecule has 5 heteroatoms. The summed E-state index contributed by atoms with van der Waals surface area (Å²) in [6.07, 6.45) is 3.22. The summed E-state index contributed by atoms with van der Waals surface area (Å²) in [6.45, 7) is 1.97. The zero-order valence-electron chi connectivity index (χ0n) is 10.5. The van der Waals surface area contributed by atoms with E-state index < -0.39 is 11.4 Å². The molecule has 5 nitrogen and oxygen atoms in total. The number of fused-ring (bicyclic) bond motifs is 1. The molecule has 18 heavy (non-hydrogen) atoms. The van der Waals surface area contributed by atoms with Crippen LogP contribution in [0, 0.1) is 5.41 Å². The first-order valence-electron chi connectivity index (χ1n) is 5.95. The number of rotatable bonds is 3. The summed E-state index contributed by atoms with van der Waals surface area (Å²) in [5, 5.41) is 11.6. The van der Waals surface area contributed by atoms with Gasteiger partial charge < -0.3 is 10.4 Å². The second kappa shape index (κ2) is 4.40. The van der Waals surface area contributed by atoms with Gasteiger partial charge in [0.05, 0.1) is 11.0 Å². The van der Waals surface area contributed by atoms with Gasteiger partial charge in [0, 0.05) is 25.4 Å². The maximum atomic E-state index is 12.0. The SMILES string of the molecule is CCC1(C(=O)NC)Cc2cc(C(=O)O)cnc2C1. The third-order valence-corrected chi connectivity index (χ3v) is 3.73. The normalized spacial score (nSPS) is 21.4. The third kappa shape index (κ3) is 1.85. The molecule has 1 aromatic heterocycles. The summed E-state index contributed by atoms with van der Waals surface area (Å²) in [5.74, 6) is -0.987. The van der Waals surface area contributed by atoms with Crippen molar-refractivity contribution >= 4 is 11.9 Å². The lowest BCUT2D eigenvalue weighted by Crippen LogP contribution is -2.39. The molecule has 2 N–H and O–H groups in total. The molecule has 1 unspecified atom stereocenters. The largest absolute Gasteiger partial charge is 0.478 e. The Balaban J connectivity index is 2.37. The van der Waals surface area contributed by atoms with Gasteiger partial charge in [0.25, 0.3) is 0 Å². The van der Waals surface area contributed by atoms with Crippen LogP contribution in [0.25, 0.3) is 0 Å². The van der Waals surface area contributed by atoms with Gasteiger partial charge in [-0.25, -0.2) is 4.79 Å². The van der Waals surface area contributed by atoms with Gasteiger partial charge in [0.2, 0.25) is 5.91 Å². The molecule has 0 aliphatic heterocycles. The Kier molecular flexibility index (Phi) is 3.07. The molecule has 1 amide bonds. The molecule has 0 aromatic carbocycles. The molecule has 0 radical (unpaired) electrons. The number of nitrogens with one attached hydrogen (secondary N) is 1. The highest BCUT2D eigenvalue weighted by molar-refractivity contribution is 5.88. The molecule has 0 bridgehead atoms. The minimum absolute atomic E-state index is 0.000116. The Labute approximate surface area is 105 Å². The van der Waals surface area contributed by atoms with Crippen molar-refractivity contribution in [1.29, 1.82) is 0 Å². The summed E-state index contributed by atoms with van der Waals surface area (Å²) in [5.41, 5.74) is 1.42. The first kappa shape index (κ1) is 12.5. The number of aromatic carboxylic acids is 1. The number of carbonyl (C=O) groups is 2. The first-order valence-corrected chi connectivity index (χ1v) is 5.95. The average molecular weight is 248 g/mol. The van der Waals surface area contributed by atoms with Crippen molar-refractivity contribution in [3.8, 4) is 0 Å². The second-order valence-electron chi connectivity index (χ2n) is 4.70. The highest BCUT2D eigenvalue weighted by Gasteiger charge is 2.42. The van der Waals surface area contributed by atoms with E-state index >= 15 is 0 Å². The smallest absolute Gasteiger partial charge is 0.337 e. The van der Waals surface area contributed by atoms with E-state index in [9.17, 15) is 9.59 Å². The van der Waals surface area contributed by atoms with E-state index in [1.165, 1.54) is 6.20 Å². The molecular formula is C13H16N2O3. The minimum atomic E-state index is -0.987. The highest BCUT2D eigenvalue weighted by Crippen LogP contribution is 2.39. The Morgan fingerprint density at radius 2 is 2.22 bits per heavy atom. The van der Waals surface area contributed by atoms with Gasteiger partial charge in [-0.3, -0.25) is 9.78 Å². The van der Waals surface area contributed by atoms with Crippen LogP contribution >= 0.6 is 0 Å². The Bertz CT molecular complexity index is 513. The van der Waals surface area contributed by atoms with Gasteiger partial charge in [-0.1, -0.05) is 6.92 Å². The molecule has 0 saturated heterocycles. The Morgan fingerprint density at radius 3 is 2.78 bits per heavy atom. The summed E-state index contributed by atoms with van der Waals surface area (Å²) < 4.78 is 0. The summed E-state index contributed by atoms with van der Waals surface area (Å²) in [4.78, 5) is 27.1. The quantitative estimate of drug-likeness (QED) is 0.837. The summed E-state index contributed by atoms with van der Waals surface area (Å²) >= 11 is 0. The van der Waals surface area contributed by atoms with Crippen molar-refractivity contribution in [3.63, 3.8) is 0 Å². The van der Waals surface area contributed by atoms with Crippen LogP contribution in [0.15, 0.2) is 12.3 Å². The van der Waals surface area contributed by atoms with E-state index in [0.29, 0.717) is 19.3 Å². The van der Waals surface area contributed by atoms with Crippen molar-refractivity contribution < 1.29 is 14.7 Å². The van der Waals surface area contributed by atoms with Crippen molar-refractivity contribution in [2.24, 2.45) is 5.41 Å². The zero-order valence-corrected chi connectivity index (χ0v) is 10.5. The molecule has 0 fully saturated rings. The number of carbonyl (C=O) groups excluding carboxylic acids is 1. The van der Waals surface area contributed by atoms with Crippen LogP contribution in [-0.4, -0.2) is 29.0 Å². The number of carboxylic acid groups (broad SMARTS) is 1. The average Bonchev–Trinajstić information content (AvgIpc) is 2.76. The van der Waals surface area contributed by atoms with Crippen molar-refractivity contribution in [3.05, 3.63) is 29.1 Å². The molecular weight excluding hydrogens is 232 g/mol. The maximum Gasteiger partial charge on any atom is 0.337 e. The van der Waals surface area contributed by atoms with E-state index in [0.717, 1.165) is 11.3 Å². The van der Waals surface area contributed by atoms with Crippen molar-refractivity contribution in [2.45, 2.75) is 26.2 Å². The van der Waals surface area contributed by atoms with Gasteiger partial charge >= 0.3 is 5.97 Å². The van der Waals surface area contributed by atoms with Crippen LogP contribution in [0.2, 0.25) is 0 Å². The van der Waals surface area contributed by atoms with E-state index in [1.54, 1.807) is 13.1 Å². The number of carboxylic acids is 1. The monoisotopic (exact) mass is 248 g/mol. The van der Waals surface area contributed by atoms with Crippen molar-refractivity contribution in [2.75, 3.05) is 7.05 Å². The summed E-state index contributed by atoms with van der Waals surface area (Å²) in [6, 6.07) is 1.63. The molecule has 1 atom stereocenters. The fourth-order valence-electron chi connectivity index (χ4n) is 2.55. The fraction of sp³-hybridized carbons (Fsp3) is 0.462. The van der Waals surface area contributed by atoms with Crippen molar-refractivity contribution in [1.82, 2.24) is 10.3 Å². The Morgan fingerprint density at radius 1 is 1.50 bits per heavy atom. The van der Waals surface area contributed by atoms with E-state index in [4.69, 9.17) is 5.11 Å². The molecule has 2 rings (SSSR count). The van der Waals surface area contributed by atoms with Crippen LogP contribution < -0.4 is 5.32 Å². The predicted molar refractivity (Wildman–Crippen MR) is 65.4 cm³/mol. The number of hydrogen-bond acceptors (Lipinski definition) is 3. The molecule has 0 spiro atoms. The van der Waals surface area contributed by atoms with Gasteiger partial charge in [-0.2, -0.15) is 0 Å². The molecule has 1 heterocycles. The fourth-order valence-corrected chi connectivity index (χ4v) is 2.55. The van der Waals surface area contributed by atoms with Crippen LogP contribution in [-0.2, 0) is 17.6 Å². The lowest BCUT2D eigenvalue weighted by atomic mass is 9.81. The molecule has 0 saturated carbocycles. The van der Waals surface area contributed by atoms with Crippen LogP contribution in [0.4, 0.5) is 0 Å². The highest BCUT2D eigenvalue weighted by atomic mass is 16.4. The topological polar surface area (TPSA) is 79.3 Å². The second-order valence-corrected chi connectivity index (χ2v) is 4.70. The molecule has 1 aliphatic carbocycles. The van der Waals surface area contributed by atoms with Crippen LogP contribution in [0.3, 0.4) is 0 Å². The Hall–Kier alpha value is -1.91. The summed E-state index contributed by atoms with van der Waals surface area (Å²) in [7, 11) is 1.62. The number of aromatic nitrogens is 1. The van der Waals surface area contributed by atoms with Gasteiger partial charge in [-0.15, -0.1) is 0 Å². The maximum absolute atomic E-state index is 12.0. The number of nitrogens with zero attached hydrogens (tertiary/aromatic N) is 1. The number of hydrogen-bond donors (Lipinski definition) is 2. The molecule has 96 valence electrons. The van der Waals surface area contributed by atoms with Crippen LogP contribution in [0.5, 0.6) is 0 Å². The zero-order chi connectivity index (χ0) is 13.3. The van der Waals surface area contributed by atoms with Gasteiger partial charge in [0.1, 0.15) is 0 Å². The predicted octanol–water partition coefficient (Wildman–Crippen LogP) is 1.02. The number of pyridine rings is 1. The van der Waals surface area contributed by atoms with E-state index in [2.05, 4.69) is 10.3 Å². The third-order valence-electron chi connectivity index (χ3n) is 3.73. The van der Waals surface area contributed by atoms with Gasteiger partial charge in [-0.05, 0) is 24.5 Å².